The van der Waals surface area contributed by atoms with Crippen molar-refractivity contribution >= 4 is 17.3 Å². The summed E-state index contributed by atoms with van der Waals surface area (Å²) in [5.74, 6) is -0.960. The van der Waals surface area contributed by atoms with E-state index in [2.05, 4.69) is 11.6 Å². The molecule has 1 aromatic heterocycles. The standard InChI is InChI=1S/C7H7NO2S/c1-5(7(9)10)2-6-3-11-4-8-6/h3-4H,1-2H2,(H,9,10). The van der Waals surface area contributed by atoms with Crippen LogP contribution in [0.25, 0.3) is 0 Å². The van der Waals surface area contributed by atoms with Gasteiger partial charge in [0.05, 0.1) is 11.2 Å². The fourth-order valence-electron chi connectivity index (χ4n) is 0.619. The SMILES string of the molecule is C=C(Cc1cscn1)C(=O)O. The van der Waals surface area contributed by atoms with Crippen LogP contribution in [-0.4, -0.2) is 16.1 Å². The maximum atomic E-state index is 10.3. The minimum Gasteiger partial charge on any atom is -0.478 e. The molecule has 0 aliphatic rings. The number of aromatic nitrogens is 1. The molecular weight excluding hydrogens is 162 g/mol. The van der Waals surface area contributed by atoms with E-state index in [4.69, 9.17) is 5.11 Å². The summed E-state index contributed by atoms with van der Waals surface area (Å²) in [4.78, 5) is 14.2. The molecule has 11 heavy (non-hydrogen) atoms. The van der Waals surface area contributed by atoms with Crippen LogP contribution in [0.2, 0.25) is 0 Å². The third-order valence-electron chi connectivity index (χ3n) is 1.18. The number of carbonyl (C=O) groups is 1. The highest BCUT2D eigenvalue weighted by Crippen LogP contribution is 2.06. The van der Waals surface area contributed by atoms with Gasteiger partial charge >= 0.3 is 5.97 Å². The minimum absolute atomic E-state index is 0.177. The topological polar surface area (TPSA) is 50.2 Å². The molecule has 0 bridgehead atoms. The van der Waals surface area contributed by atoms with Gasteiger partial charge in [-0.3, -0.25) is 0 Å². The molecule has 0 amide bonds. The summed E-state index contributed by atoms with van der Waals surface area (Å²) in [6.07, 6.45) is 0.332. The quantitative estimate of drug-likeness (QED) is 0.694. The van der Waals surface area contributed by atoms with E-state index in [1.807, 2.05) is 5.38 Å². The molecule has 3 nitrogen and oxygen atoms in total. The molecule has 4 heteroatoms. The lowest BCUT2D eigenvalue weighted by molar-refractivity contribution is -0.132. The molecule has 58 valence electrons. The van der Waals surface area contributed by atoms with E-state index in [0.717, 1.165) is 5.69 Å². The first-order chi connectivity index (χ1) is 5.20. The predicted molar refractivity (Wildman–Crippen MR) is 42.6 cm³/mol. The lowest BCUT2D eigenvalue weighted by Crippen LogP contribution is -2.01. The molecule has 1 N–H and O–H groups in total. The number of thiazole rings is 1. The maximum Gasteiger partial charge on any atom is 0.331 e. The van der Waals surface area contributed by atoms with Crippen LogP contribution in [0.1, 0.15) is 5.69 Å². The van der Waals surface area contributed by atoms with Crippen molar-refractivity contribution in [3.8, 4) is 0 Å². The Hall–Kier alpha value is -1.16. The number of carboxylic acid groups (broad SMARTS) is 1. The molecule has 0 fully saturated rings. The van der Waals surface area contributed by atoms with Crippen molar-refractivity contribution in [1.82, 2.24) is 4.98 Å². The van der Waals surface area contributed by atoms with E-state index in [1.165, 1.54) is 11.3 Å². The van der Waals surface area contributed by atoms with Gasteiger partial charge in [-0.1, -0.05) is 6.58 Å². The largest absolute Gasteiger partial charge is 0.478 e. The zero-order chi connectivity index (χ0) is 8.27. The molecule has 0 unspecified atom stereocenters. The Balaban J connectivity index is 2.57. The molecule has 1 rings (SSSR count). The van der Waals surface area contributed by atoms with Crippen LogP contribution in [-0.2, 0) is 11.2 Å². The third kappa shape index (κ3) is 2.16. The van der Waals surface area contributed by atoms with Crippen molar-refractivity contribution in [3.05, 3.63) is 28.7 Å². The van der Waals surface area contributed by atoms with E-state index in [0.29, 0.717) is 6.42 Å². The van der Waals surface area contributed by atoms with E-state index < -0.39 is 5.97 Å². The molecule has 1 aromatic rings. The zero-order valence-corrected chi connectivity index (χ0v) is 6.60. The van der Waals surface area contributed by atoms with Crippen molar-refractivity contribution in [3.63, 3.8) is 0 Å². The van der Waals surface area contributed by atoms with Crippen LogP contribution in [0.5, 0.6) is 0 Å². The van der Waals surface area contributed by atoms with E-state index in [1.54, 1.807) is 5.51 Å². The maximum absolute atomic E-state index is 10.3. The molecule has 0 spiro atoms. The number of hydrogen-bond donors (Lipinski definition) is 1. The van der Waals surface area contributed by atoms with Gasteiger partial charge in [-0.15, -0.1) is 11.3 Å². The van der Waals surface area contributed by atoms with Gasteiger partial charge in [0, 0.05) is 17.4 Å². The third-order valence-corrected chi connectivity index (χ3v) is 1.82. The van der Waals surface area contributed by atoms with E-state index in [9.17, 15) is 4.79 Å². The Morgan fingerprint density at radius 1 is 1.82 bits per heavy atom. The smallest absolute Gasteiger partial charge is 0.331 e. The summed E-state index contributed by atoms with van der Waals surface area (Å²) < 4.78 is 0. The first-order valence-corrected chi connectivity index (χ1v) is 3.92. The highest BCUT2D eigenvalue weighted by molar-refractivity contribution is 7.07. The molecule has 0 aliphatic carbocycles. The first-order valence-electron chi connectivity index (χ1n) is 2.98. The Kier molecular flexibility index (Phi) is 2.38. The van der Waals surface area contributed by atoms with Gasteiger partial charge in [0.1, 0.15) is 0 Å². The highest BCUT2D eigenvalue weighted by atomic mass is 32.1. The van der Waals surface area contributed by atoms with Gasteiger partial charge in [-0.05, 0) is 0 Å². The molecular formula is C7H7NO2S. The molecule has 0 radical (unpaired) electrons. The lowest BCUT2D eigenvalue weighted by Gasteiger charge is -1.94. The van der Waals surface area contributed by atoms with Crippen molar-refractivity contribution < 1.29 is 9.90 Å². The van der Waals surface area contributed by atoms with Gasteiger partial charge in [-0.2, -0.15) is 0 Å². The molecule has 0 aromatic carbocycles. The Morgan fingerprint density at radius 3 is 3.00 bits per heavy atom. The summed E-state index contributed by atoms with van der Waals surface area (Å²) in [7, 11) is 0. The normalized spacial score (nSPS) is 9.45. The van der Waals surface area contributed by atoms with Gasteiger partial charge in [-0.25, -0.2) is 9.78 Å². The second-order valence-electron chi connectivity index (χ2n) is 2.07. The fourth-order valence-corrected chi connectivity index (χ4v) is 1.18. The summed E-state index contributed by atoms with van der Waals surface area (Å²) in [5, 5.41) is 10.3. The Bertz CT molecular complexity index is 266. The average molecular weight is 169 g/mol. The van der Waals surface area contributed by atoms with Gasteiger partial charge in [0.2, 0.25) is 0 Å². The van der Waals surface area contributed by atoms with Gasteiger partial charge in [0.25, 0.3) is 0 Å². The summed E-state index contributed by atoms with van der Waals surface area (Å²) in [6.45, 7) is 3.39. The average Bonchev–Trinajstić information content (AvgIpc) is 2.39. The van der Waals surface area contributed by atoms with Gasteiger partial charge in [0.15, 0.2) is 0 Å². The van der Waals surface area contributed by atoms with Crippen LogP contribution in [0, 0.1) is 0 Å². The predicted octanol–water partition coefficient (Wildman–Crippen LogP) is 1.33. The highest BCUT2D eigenvalue weighted by Gasteiger charge is 2.05. The van der Waals surface area contributed by atoms with Crippen LogP contribution in [0.3, 0.4) is 0 Å². The number of carboxylic acids is 1. The Labute approximate surface area is 68.0 Å². The fraction of sp³-hybridized carbons (Fsp3) is 0.143. The monoisotopic (exact) mass is 169 g/mol. The molecule has 1 heterocycles. The number of rotatable bonds is 3. The summed E-state index contributed by atoms with van der Waals surface area (Å²) >= 11 is 1.45. The summed E-state index contributed by atoms with van der Waals surface area (Å²) in [5.41, 5.74) is 2.61. The van der Waals surface area contributed by atoms with E-state index in [-0.39, 0.29) is 5.57 Å². The number of hydrogen-bond acceptors (Lipinski definition) is 3. The van der Waals surface area contributed by atoms with Crippen molar-refractivity contribution in [2.24, 2.45) is 0 Å². The first kappa shape index (κ1) is 7.94. The molecule has 0 saturated heterocycles. The summed E-state index contributed by atoms with van der Waals surface area (Å²) in [6, 6.07) is 0. The van der Waals surface area contributed by atoms with Crippen LogP contribution >= 0.6 is 11.3 Å². The van der Waals surface area contributed by atoms with Crippen LogP contribution in [0.4, 0.5) is 0 Å². The molecule has 0 aliphatic heterocycles. The van der Waals surface area contributed by atoms with Gasteiger partial charge < -0.3 is 5.11 Å². The second kappa shape index (κ2) is 3.30. The Morgan fingerprint density at radius 2 is 2.55 bits per heavy atom. The zero-order valence-electron chi connectivity index (χ0n) is 5.78. The van der Waals surface area contributed by atoms with E-state index >= 15 is 0 Å². The van der Waals surface area contributed by atoms with Crippen LogP contribution in [0.15, 0.2) is 23.0 Å². The number of aliphatic carboxylic acids is 1. The van der Waals surface area contributed by atoms with Crippen LogP contribution < -0.4 is 0 Å². The number of nitrogens with zero attached hydrogens (tertiary/aromatic N) is 1. The van der Waals surface area contributed by atoms with Crippen molar-refractivity contribution in [1.29, 1.82) is 0 Å². The minimum atomic E-state index is -0.960. The van der Waals surface area contributed by atoms with Crippen molar-refractivity contribution in [2.75, 3.05) is 0 Å². The molecule has 0 saturated carbocycles. The molecule has 0 atom stereocenters. The second-order valence-corrected chi connectivity index (χ2v) is 2.78. The lowest BCUT2D eigenvalue weighted by atomic mass is 10.2. The van der Waals surface area contributed by atoms with Crippen molar-refractivity contribution in [2.45, 2.75) is 6.42 Å².